The van der Waals surface area contributed by atoms with Crippen molar-refractivity contribution in [1.29, 1.82) is 0 Å². The van der Waals surface area contributed by atoms with E-state index in [1.54, 1.807) is 0 Å². The van der Waals surface area contributed by atoms with E-state index in [-0.39, 0.29) is 0 Å². The Kier molecular flexibility index (Phi) is 27.7. The molecule has 0 spiro atoms. The molecule has 0 fully saturated rings. The van der Waals surface area contributed by atoms with Crippen LogP contribution in [0.3, 0.4) is 0 Å². The molecule has 0 N–H and O–H groups in total. The van der Waals surface area contributed by atoms with Gasteiger partial charge in [0.2, 0.25) is 0 Å². The van der Waals surface area contributed by atoms with Crippen molar-refractivity contribution in [2.45, 2.75) is 80.1 Å². The van der Waals surface area contributed by atoms with Gasteiger partial charge in [-0.3, -0.25) is 0 Å². The first-order chi connectivity index (χ1) is 9.76. The average molecular weight is 279 g/mol. The first kappa shape index (κ1) is 24.0. The third-order valence-electron chi connectivity index (χ3n) is 2.63. The summed E-state index contributed by atoms with van der Waals surface area (Å²) in [5, 5.41) is 0. The van der Waals surface area contributed by atoms with Crippen LogP contribution in [0.1, 0.15) is 80.1 Å². The molecule has 0 nitrogen and oxygen atoms in total. The van der Waals surface area contributed by atoms with Crippen molar-refractivity contribution in [2.75, 3.05) is 0 Å². The van der Waals surface area contributed by atoms with Crippen LogP contribution in [0.2, 0.25) is 0 Å². The Hall–Kier alpha value is -1.04. The SMILES string of the molecule is C=C/C=C(\C=C/C)C(=C)CCCCCCC.CC.CC. The molecule has 0 unspecified atom stereocenters. The molecule has 0 aliphatic carbocycles. The zero-order valence-corrected chi connectivity index (χ0v) is 15.0. The highest BCUT2D eigenvalue weighted by Crippen LogP contribution is 2.18. The lowest BCUT2D eigenvalue weighted by molar-refractivity contribution is 0.632. The van der Waals surface area contributed by atoms with Gasteiger partial charge in [0.15, 0.2) is 0 Å². The Balaban J connectivity index is -0.000000656. The molecular formula is C20H38. The summed E-state index contributed by atoms with van der Waals surface area (Å²) in [6.45, 7) is 20.2. The highest BCUT2D eigenvalue weighted by molar-refractivity contribution is 5.39. The fraction of sp³-hybridized carbons (Fsp3) is 0.600. The molecule has 0 aliphatic rings. The minimum absolute atomic E-state index is 1.10. The lowest BCUT2D eigenvalue weighted by Crippen LogP contribution is -1.86. The predicted molar refractivity (Wildman–Crippen MR) is 98.3 cm³/mol. The molecule has 0 rings (SSSR count). The van der Waals surface area contributed by atoms with Crippen LogP contribution in [-0.2, 0) is 0 Å². The average Bonchev–Trinajstić information content (AvgIpc) is 2.50. The van der Waals surface area contributed by atoms with E-state index in [4.69, 9.17) is 0 Å². The number of hydrogen-bond acceptors (Lipinski definition) is 0. The number of allylic oxidation sites excluding steroid dienone is 6. The summed E-state index contributed by atoms with van der Waals surface area (Å²) in [5.41, 5.74) is 2.45. The summed E-state index contributed by atoms with van der Waals surface area (Å²) in [6, 6.07) is 0. The summed E-state index contributed by atoms with van der Waals surface area (Å²) in [7, 11) is 0. The Labute approximate surface area is 129 Å². The van der Waals surface area contributed by atoms with Gasteiger partial charge in [-0.15, -0.1) is 0 Å². The maximum atomic E-state index is 4.14. The molecule has 0 saturated heterocycles. The van der Waals surface area contributed by atoms with Gasteiger partial charge in [-0.25, -0.2) is 0 Å². The largest absolute Gasteiger partial charge is 0.0990 e. The van der Waals surface area contributed by atoms with Gasteiger partial charge in [-0.05, 0) is 30.9 Å². The zero-order chi connectivity index (χ0) is 16.2. The monoisotopic (exact) mass is 278 g/mol. The molecule has 20 heavy (non-hydrogen) atoms. The summed E-state index contributed by atoms with van der Waals surface area (Å²) >= 11 is 0. The van der Waals surface area contributed by atoms with Gasteiger partial charge in [0, 0.05) is 0 Å². The van der Waals surface area contributed by atoms with Crippen LogP contribution in [0.25, 0.3) is 0 Å². The lowest BCUT2D eigenvalue weighted by Gasteiger charge is -2.06. The normalized spacial score (nSPS) is 10.2. The smallest absolute Gasteiger partial charge is 0.0234 e. The van der Waals surface area contributed by atoms with Crippen molar-refractivity contribution in [3.63, 3.8) is 0 Å². The van der Waals surface area contributed by atoms with Crippen molar-refractivity contribution in [2.24, 2.45) is 0 Å². The number of unbranched alkanes of at least 4 members (excludes halogenated alkanes) is 4. The third-order valence-corrected chi connectivity index (χ3v) is 2.63. The van der Waals surface area contributed by atoms with E-state index in [1.807, 2.05) is 46.8 Å². The van der Waals surface area contributed by atoms with Gasteiger partial charge in [-0.2, -0.15) is 0 Å². The minimum Gasteiger partial charge on any atom is -0.0990 e. The molecule has 118 valence electrons. The molecule has 0 heterocycles. The van der Waals surface area contributed by atoms with E-state index in [2.05, 4.69) is 32.2 Å². The summed E-state index contributed by atoms with van der Waals surface area (Å²) in [6.07, 6.45) is 15.7. The van der Waals surface area contributed by atoms with Gasteiger partial charge >= 0.3 is 0 Å². The van der Waals surface area contributed by atoms with E-state index in [1.165, 1.54) is 43.3 Å². The van der Waals surface area contributed by atoms with Crippen molar-refractivity contribution in [3.8, 4) is 0 Å². The molecular weight excluding hydrogens is 240 g/mol. The molecule has 0 aliphatic heterocycles. The summed E-state index contributed by atoms with van der Waals surface area (Å²) in [5.74, 6) is 0. The topological polar surface area (TPSA) is 0 Å². The first-order valence-electron chi connectivity index (χ1n) is 8.39. The van der Waals surface area contributed by atoms with Gasteiger partial charge in [0.25, 0.3) is 0 Å². The summed E-state index contributed by atoms with van der Waals surface area (Å²) < 4.78 is 0. The van der Waals surface area contributed by atoms with E-state index in [0.29, 0.717) is 0 Å². The van der Waals surface area contributed by atoms with Crippen molar-refractivity contribution in [3.05, 3.63) is 48.6 Å². The van der Waals surface area contributed by atoms with Gasteiger partial charge in [0.05, 0.1) is 0 Å². The fourth-order valence-electron chi connectivity index (χ4n) is 1.68. The molecule has 0 aromatic rings. The van der Waals surface area contributed by atoms with E-state index >= 15 is 0 Å². The molecule has 0 saturated carbocycles. The van der Waals surface area contributed by atoms with Crippen LogP contribution >= 0.6 is 0 Å². The molecule has 0 aromatic carbocycles. The molecule has 0 aromatic heterocycles. The Morgan fingerprint density at radius 1 is 0.950 bits per heavy atom. The zero-order valence-electron chi connectivity index (χ0n) is 15.0. The van der Waals surface area contributed by atoms with Crippen LogP contribution in [0, 0.1) is 0 Å². The van der Waals surface area contributed by atoms with Crippen LogP contribution in [0.4, 0.5) is 0 Å². The van der Waals surface area contributed by atoms with Gasteiger partial charge in [-0.1, -0.05) is 97.8 Å². The quantitative estimate of drug-likeness (QED) is 0.300. The maximum absolute atomic E-state index is 4.14. The van der Waals surface area contributed by atoms with Gasteiger partial charge < -0.3 is 0 Å². The van der Waals surface area contributed by atoms with Crippen LogP contribution in [-0.4, -0.2) is 0 Å². The molecule has 0 bridgehead atoms. The second-order valence-corrected chi connectivity index (χ2v) is 4.13. The second kappa shape index (κ2) is 23.1. The van der Waals surface area contributed by atoms with Crippen LogP contribution < -0.4 is 0 Å². The predicted octanol–water partition coefficient (Wildman–Crippen LogP) is 7.64. The minimum atomic E-state index is 1.10. The fourth-order valence-corrected chi connectivity index (χ4v) is 1.68. The van der Waals surface area contributed by atoms with E-state index < -0.39 is 0 Å². The van der Waals surface area contributed by atoms with Crippen LogP contribution in [0.15, 0.2) is 48.6 Å². The highest BCUT2D eigenvalue weighted by atomic mass is 14.0. The highest BCUT2D eigenvalue weighted by Gasteiger charge is 1.98. The first-order valence-corrected chi connectivity index (χ1v) is 8.39. The Morgan fingerprint density at radius 2 is 1.50 bits per heavy atom. The Morgan fingerprint density at radius 3 is 1.95 bits per heavy atom. The van der Waals surface area contributed by atoms with Crippen molar-refractivity contribution >= 4 is 0 Å². The summed E-state index contributed by atoms with van der Waals surface area (Å²) in [4.78, 5) is 0. The van der Waals surface area contributed by atoms with E-state index in [0.717, 1.165) is 6.42 Å². The lowest BCUT2D eigenvalue weighted by atomic mass is 10.00. The molecule has 0 atom stereocenters. The maximum Gasteiger partial charge on any atom is -0.0234 e. The number of rotatable bonds is 9. The second-order valence-electron chi connectivity index (χ2n) is 4.13. The standard InChI is InChI=1S/C16H26.2C2H6/c1-5-8-9-10-11-14-15(4)16(12-6-2)13-7-3;2*1-2/h6-7,12-13H,2,4-5,8-11,14H2,1,3H3;2*1-2H3/b13-7-,16-12+;;. The molecule has 0 heteroatoms. The number of hydrogen-bond donors (Lipinski definition) is 0. The Bertz CT molecular complexity index is 253. The molecule has 0 amide bonds. The van der Waals surface area contributed by atoms with Crippen molar-refractivity contribution < 1.29 is 0 Å². The molecule has 0 radical (unpaired) electrons. The van der Waals surface area contributed by atoms with Gasteiger partial charge in [0.1, 0.15) is 0 Å². The van der Waals surface area contributed by atoms with Crippen LogP contribution in [0.5, 0.6) is 0 Å². The van der Waals surface area contributed by atoms with E-state index in [9.17, 15) is 0 Å². The third kappa shape index (κ3) is 17.0. The van der Waals surface area contributed by atoms with Crippen molar-refractivity contribution in [1.82, 2.24) is 0 Å².